The zero-order valence-corrected chi connectivity index (χ0v) is 31.9. The van der Waals surface area contributed by atoms with E-state index in [0.29, 0.717) is 23.9 Å². The molecule has 9 nitrogen and oxygen atoms in total. The summed E-state index contributed by atoms with van der Waals surface area (Å²) in [6.45, 7) is 2.43. The van der Waals surface area contributed by atoms with Crippen LogP contribution in [0.3, 0.4) is 0 Å². The zero-order valence-electron chi connectivity index (χ0n) is 31.0. The number of rotatable bonds is 15. The van der Waals surface area contributed by atoms with Gasteiger partial charge in [-0.05, 0) is 34.2 Å². The Hall–Kier alpha value is -5.52. The summed E-state index contributed by atoms with van der Waals surface area (Å²) < 4.78 is 19.9. The average molecular weight is 769 g/mol. The van der Waals surface area contributed by atoms with E-state index in [1.165, 1.54) is 11.8 Å². The number of thioether (sulfide) groups is 1. The number of hydrogen-bond donors (Lipinski definition) is 3. The highest BCUT2D eigenvalue weighted by atomic mass is 32.2. The van der Waals surface area contributed by atoms with E-state index in [9.17, 15) is 14.7 Å². The van der Waals surface area contributed by atoms with Crippen LogP contribution in [0.25, 0.3) is 33.7 Å². The molecule has 286 valence electrons. The molecule has 0 radical (unpaired) electrons. The van der Waals surface area contributed by atoms with Crippen LogP contribution < -0.4 is 5.32 Å². The second-order valence-electron chi connectivity index (χ2n) is 13.8. The first kappa shape index (κ1) is 38.7. The van der Waals surface area contributed by atoms with Crippen LogP contribution in [0.5, 0.6) is 0 Å². The molecule has 2 heterocycles. The maximum Gasteiger partial charge on any atom is 0.303 e. The van der Waals surface area contributed by atoms with Gasteiger partial charge < -0.3 is 29.4 Å². The van der Waals surface area contributed by atoms with E-state index in [-0.39, 0.29) is 43.5 Å². The molecule has 56 heavy (non-hydrogen) atoms. The Balaban J connectivity index is 1.11. The van der Waals surface area contributed by atoms with Crippen LogP contribution in [0.2, 0.25) is 0 Å². The summed E-state index contributed by atoms with van der Waals surface area (Å²) in [5.41, 5.74) is 8.34. The number of carboxylic acids is 1. The summed E-state index contributed by atoms with van der Waals surface area (Å²) in [6.07, 6.45) is -0.738. The number of aromatic nitrogens is 1. The fraction of sp³-hybridized carbons (Fsp3) is 0.239. The molecule has 0 aliphatic carbocycles. The van der Waals surface area contributed by atoms with Gasteiger partial charge in [0.15, 0.2) is 12.1 Å². The molecule has 0 spiro atoms. The number of carbonyl (C=O) groups excluding carboxylic acids is 1. The number of aliphatic carboxylic acids is 1. The van der Waals surface area contributed by atoms with Crippen LogP contribution >= 0.6 is 11.8 Å². The number of nitrogens with zero attached hydrogens (tertiary/aromatic N) is 1. The van der Waals surface area contributed by atoms with E-state index >= 15 is 0 Å². The predicted molar refractivity (Wildman–Crippen MR) is 216 cm³/mol. The molecule has 1 fully saturated rings. The van der Waals surface area contributed by atoms with E-state index in [1.54, 1.807) is 0 Å². The number of amides is 1. The maximum atomic E-state index is 12.4. The van der Waals surface area contributed by atoms with Crippen molar-refractivity contribution in [2.45, 2.75) is 63.1 Å². The molecule has 1 aromatic heterocycles. The third kappa shape index (κ3) is 9.46. The van der Waals surface area contributed by atoms with E-state index in [1.807, 2.05) is 133 Å². The standard InChI is InChI=1S/C46H44N2O7S/c1-30-39(29-56-46-48-42(33-11-4-2-5-12-33)44(55-46)34-13-6-3-7-14-34)53-45(54-43(30)35-21-19-31(28-49)20-22-35)36-25-23-32(24-26-36)38-16-9-8-15-37(38)27-47-40(50)17-10-18-41(51)52/h2-9,11-16,19-26,30,39,43,45,49H,10,17-18,27-29H2,1H3,(H,47,50)(H,51,52)/t30-,39+,43+,45+/m0/s1. The van der Waals surface area contributed by atoms with Crippen LogP contribution in [0.1, 0.15) is 60.8 Å². The Morgan fingerprint density at radius 1 is 0.750 bits per heavy atom. The molecule has 5 aromatic carbocycles. The number of carbonyl (C=O) groups is 2. The second-order valence-corrected chi connectivity index (χ2v) is 14.8. The van der Waals surface area contributed by atoms with Gasteiger partial charge in [-0.1, -0.05) is 152 Å². The largest absolute Gasteiger partial charge is 0.481 e. The van der Waals surface area contributed by atoms with E-state index in [0.717, 1.165) is 56.0 Å². The quantitative estimate of drug-likeness (QED) is 0.0875. The van der Waals surface area contributed by atoms with Crippen molar-refractivity contribution in [3.8, 4) is 33.7 Å². The molecular formula is C46H44N2O7S. The number of nitrogens with one attached hydrogen (secondary N) is 1. The topological polar surface area (TPSA) is 131 Å². The fourth-order valence-corrected chi connectivity index (χ4v) is 7.85. The minimum Gasteiger partial charge on any atom is -0.481 e. The van der Waals surface area contributed by atoms with E-state index < -0.39 is 12.3 Å². The summed E-state index contributed by atoms with van der Waals surface area (Å²) in [6, 6.07) is 43.9. The molecule has 0 bridgehead atoms. The number of aliphatic hydroxyl groups is 1. The minimum absolute atomic E-state index is 0.0265. The summed E-state index contributed by atoms with van der Waals surface area (Å²) >= 11 is 1.52. The molecule has 6 aromatic rings. The van der Waals surface area contributed by atoms with Gasteiger partial charge in [0.25, 0.3) is 5.22 Å². The number of oxazole rings is 1. The summed E-state index contributed by atoms with van der Waals surface area (Å²) in [5, 5.41) is 22.1. The van der Waals surface area contributed by atoms with Crippen molar-refractivity contribution in [3.63, 3.8) is 0 Å². The van der Waals surface area contributed by atoms with Crippen LogP contribution in [0.4, 0.5) is 0 Å². The van der Waals surface area contributed by atoms with Crippen molar-refractivity contribution in [3.05, 3.63) is 156 Å². The first-order chi connectivity index (χ1) is 27.4. The molecule has 0 saturated carbocycles. The molecule has 4 atom stereocenters. The molecule has 1 aliphatic rings. The maximum absolute atomic E-state index is 12.4. The van der Waals surface area contributed by atoms with Crippen molar-refractivity contribution < 1.29 is 33.7 Å². The molecule has 1 aliphatic heterocycles. The second kappa shape index (κ2) is 18.4. The highest BCUT2D eigenvalue weighted by Gasteiger charge is 2.38. The highest BCUT2D eigenvalue weighted by Crippen LogP contribution is 2.44. The Morgan fingerprint density at radius 2 is 1.41 bits per heavy atom. The zero-order chi connectivity index (χ0) is 38.9. The normalized spacial score (nSPS) is 18.0. The van der Waals surface area contributed by atoms with Crippen molar-refractivity contribution in [2.24, 2.45) is 5.92 Å². The molecule has 0 unspecified atom stereocenters. The molecule has 7 rings (SSSR count). The van der Waals surface area contributed by atoms with Crippen molar-refractivity contribution >= 4 is 23.6 Å². The highest BCUT2D eigenvalue weighted by molar-refractivity contribution is 7.99. The van der Waals surface area contributed by atoms with Crippen molar-refractivity contribution in [1.82, 2.24) is 10.3 Å². The van der Waals surface area contributed by atoms with E-state index in [2.05, 4.69) is 12.2 Å². The third-order valence-corrected chi connectivity index (χ3v) is 10.9. The fourth-order valence-electron chi connectivity index (χ4n) is 6.86. The molecular weight excluding hydrogens is 725 g/mol. The van der Waals surface area contributed by atoms with Crippen LogP contribution in [0, 0.1) is 5.92 Å². The molecule has 10 heteroatoms. The number of aliphatic hydroxyl groups excluding tert-OH is 1. The van der Waals surface area contributed by atoms with Gasteiger partial charge in [-0.3, -0.25) is 9.59 Å². The van der Waals surface area contributed by atoms with Gasteiger partial charge in [0.2, 0.25) is 5.91 Å². The summed E-state index contributed by atoms with van der Waals surface area (Å²) in [4.78, 5) is 28.2. The van der Waals surface area contributed by atoms with Gasteiger partial charge in [-0.25, -0.2) is 4.98 Å². The van der Waals surface area contributed by atoms with Crippen molar-refractivity contribution in [1.29, 1.82) is 0 Å². The lowest BCUT2D eigenvalue weighted by atomic mass is 9.91. The first-order valence-electron chi connectivity index (χ1n) is 18.8. The van der Waals surface area contributed by atoms with Gasteiger partial charge in [0.05, 0.1) is 18.8 Å². The van der Waals surface area contributed by atoms with Gasteiger partial charge in [-0.15, -0.1) is 0 Å². The summed E-state index contributed by atoms with van der Waals surface area (Å²) in [7, 11) is 0. The third-order valence-electron chi connectivity index (χ3n) is 9.97. The first-order valence-corrected chi connectivity index (χ1v) is 19.8. The molecule has 1 amide bonds. The Bertz CT molecular complexity index is 2150. The van der Waals surface area contributed by atoms with Crippen LogP contribution in [0.15, 0.2) is 143 Å². The SMILES string of the molecule is C[C@H]1[C@@H](CSc2nc(-c3ccccc3)c(-c3ccccc3)o2)O[C@@H](c2ccc(-c3ccccc3CNC(=O)CCCC(=O)O)cc2)O[C@H]1c1ccc(CO)cc1. The van der Waals surface area contributed by atoms with E-state index in [4.69, 9.17) is 24.0 Å². The lowest BCUT2D eigenvalue weighted by molar-refractivity contribution is -0.268. The summed E-state index contributed by atoms with van der Waals surface area (Å²) in [5.74, 6) is 0.179. The Labute approximate surface area is 330 Å². The molecule has 3 N–H and O–H groups in total. The van der Waals surface area contributed by atoms with Gasteiger partial charge in [0.1, 0.15) is 5.69 Å². The lowest BCUT2D eigenvalue weighted by Gasteiger charge is -2.41. The smallest absolute Gasteiger partial charge is 0.303 e. The predicted octanol–water partition coefficient (Wildman–Crippen LogP) is 9.62. The van der Waals surface area contributed by atoms with Crippen LogP contribution in [-0.4, -0.2) is 38.9 Å². The van der Waals surface area contributed by atoms with Crippen molar-refractivity contribution in [2.75, 3.05) is 5.75 Å². The number of carboxylic acid groups (broad SMARTS) is 1. The Morgan fingerprint density at radius 3 is 2.11 bits per heavy atom. The number of hydrogen-bond acceptors (Lipinski definition) is 8. The van der Waals surface area contributed by atoms with Gasteiger partial charge in [-0.2, -0.15) is 0 Å². The Kier molecular flexibility index (Phi) is 12.7. The monoisotopic (exact) mass is 768 g/mol. The number of benzene rings is 5. The van der Waals surface area contributed by atoms with Gasteiger partial charge >= 0.3 is 5.97 Å². The van der Waals surface area contributed by atoms with Crippen LogP contribution in [-0.2, 0) is 32.2 Å². The number of ether oxygens (including phenoxy) is 2. The van der Waals surface area contributed by atoms with Gasteiger partial charge in [0, 0.05) is 47.7 Å². The minimum atomic E-state index is -0.909. The average Bonchev–Trinajstić information content (AvgIpc) is 3.68. The lowest BCUT2D eigenvalue weighted by Crippen LogP contribution is -2.38. The molecule has 1 saturated heterocycles.